The van der Waals surface area contributed by atoms with Gasteiger partial charge in [-0.1, -0.05) is 12.1 Å². The summed E-state index contributed by atoms with van der Waals surface area (Å²) in [5.41, 5.74) is 22.1. The van der Waals surface area contributed by atoms with Crippen LogP contribution in [0.2, 0.25) is 0 Å². The molecule has 3 saturated heterocycles. The van der Waals surface area contributed by atoms with Gasteiger partial charge in [-0.05, 0) is 73.5 Å². The fourth-order valence-electron chi connectivity index (χ4n) is 6.19. The number of aryl methyl sites for hydroxylation is 2. The van der Waals surface area contributed by atoms with Crippen molar-refractivity contribution < 1.29 is 9.53 Å². The van der Waals surface area contributed by atoms with Gasteiger partial charge in [-0.2, -0.15) is 0 Å². The van der Waals surface area contributed by atoms with Crippen LogP contribution in [0, 0.1) is 19.3 Å². The van der Waals surface area contributed by atoms with Crippen LogP contribution in [0.1, 0.15) is 32.6 Å². The third-order valence-electron chi connectivity index (χ3n) is 8.50. The zero-order chi connectivity index (χ0) is 27.3. The summed E-state index contributed by atoms with van der Waals surface area (Å²) in [6.07, 6.45) is 3.85. The molecule has 1 amide bonds. The van der Waals surface area contributed by atoms with Crippen LogP contribution in [0.4, 0.5) is 11.5 Å². The molecule has 204 valence electrons. The first kappa shape index (κ1) is 25.5. The second-order valence-electron chi connectivity index (χ2n) is 11.6. The Balaban J connectivity index is 1.22. The lowest BCUT2D eigenvalue weighted by Gasteiger charge is -2.54. The average molecular weight is 527 g/mol. The van der Waals surface area contributed by atoms with Crippen molar-refractivity contribution in [1.82, 2.24) is 14.8 Å². The lowest BCUT2D eigenvalue weighted by Crippen LogP contribution is -2.67. The fraction of sp³-hybridized carbons (Fsp3) is 0.387. The number of rotatable bonds is 5. The average Bonchev–Trinajstić information content (AvgIpc) is 3.22. The quantitative estimate of drug-likeness (QED) is 0.470. The summed E-state index contributed by atoms with van der Waals surface area (Å²) in [5, 5.41) is 0. The maximum Gasteiger partial charge on any atom is 0.253 e. The number of benzene rings is 2. The highest BCUT2D eigenvalue weighted by Crippen LogP contribution is 2.38. The summed E-state index contributed by atoms with van der Waals surface area (Å²) >= 11 is 0. The topological polar surface area (TPSA) is 104 Å². The molecule has 3 aliphatic rings. The van der Waals surface area contributed by atoms with Gasteiger partial charge in [-0.15, -0.1) is 0 Å². The van der Waals surface area contributed by atoms with Crippen molar-refractivity contribution in [1.29, 1.82) is 0 Å². The van der Waals surface area contributed by atoms with Gasteiger partial charge in [-0.3, -0.25) is 4.79 Å². The Labute approximate surface area is 230 Å². The van der Waals surface area contributed by atoms with E-state index in [1.165, 1.54) is 16.8 Å². The summed E-state index contributed by atoms with van der Waals surface area (Å²) in [4.78, 5) is 22.8. The highest BCUT2D eigenvalue weighted by Gasteiger charge is 2.50. The van der Waals surface area contributed by atoms with E-state index in [9.17, 15) is 4.79 Å². The molecule has 0 aliphatic carbocycles. The summed E-state index contributed by atoms with van der Waals surface area (Å²) < 4.78 is 5.32. The van der Waals surface area contributed by atoms with Gasteiger partial charge >= 0.3 is 0 Å². The number of nitrogens with two attached hydrogens (primary N) is 2. The highest BCUT2D eigenvalue weighted by molar-refractivity contribution is 5.96. The molecule has 8 nitrogen and oxygen atoms in total. The zero-order valence-electron chi connectivity index (χ0n) is 23.1. The SMILES string of the molecule is Cc1cc(/C(N)=C/c2c(-c3ccc(C(=O)N4CC5(COC5)C4)cc3)c[nH]c2N)cc(C)c1N1CCN(C)CC1. The molecular formula is C31H38N6O2. The Morgan fingerprint density at radius 1 is 1.00 bits per heavy atom. The Morgan fingerprint density at radius 3 is 2.23 bits per heavy atom. The molecule has 0 bridgehead atoms. The number of likely N-dealkylation sites (tertiary alicyclic amines) is 1. The molecule has 1 aromatic heterocycles. The van der Waals surface area contributed by atoms with Gasteiger partial charge in [0, 0.05) is 73.5 Å². The molecule has 0 radical (unpaired) electrons. The van der Waals surface area contributed by atoms with E-state index in [0.29, 0.717) is 17.1 Å². The van der Waals surface area contributed by atoms with Crippen molar-refractivity contribution in [3.8, 4) is 11.1 Å². The number of aromatic nitrogens is 1. The minimum atomic E-state index is 0.0720. The molecular weight excluding hydrogens is 488 g/mol. The fourth-order valence-corrected chi connectivity index (χ4v) is 6.19. The normalized spacial score (nSPS) is 19.2. The van der Waals surface area contributed by atoms with Gasteiger partial charge in [0.25, 0.3) is 5.91 Å². The molecule has 2 aromatic carbocycles. The molecule has 39 heavy (non-hydrogen) atoms. The molecule has 0 saturated carbocycles. The number of piperazine rings is 1. The minimum absolute atomic E-state index is 0.0720. The standard InChI is InChI=1S/C31H38N6O2/c1-20-12-24(13-21(2)28(20)36-10-8-35(3)9-11-36)27(32)14-25-26(15-34-29(25)33)22-4-6-23(7-5-22)30(38)37-16-31(17-37)18-39-19-31/h4-7,12-15,34H,8-11,16-19,32-33H2,1-3H3/b27-14-. The largest absolute Gasteiger partial charge is 0.398 e. The van der Waals surface area contributed by atoms with Crippen LogP contribution < -0.4 is 16.4 Å². The molecule has 3 aliphatic heterocycles. The summed E-state index contributed by atoms with van der Waals surface area (Å²) in [6, 6.07) is 12.1. The number of nitrogen functional groups attached to an aromatic ring is 1. The number of hydrogen-bond donors (Lipinski definition) is 3. The van der Waals surface area contributed by atoms with E-state index in [-0.39, 0.29) is 11.3 Å². The third-order valence-corrected chi connectivity index (χ3v) is 8.50. The number of ether oxygens (including phenoxy) is 1. The van der Waals surface area contributed by atoms with Crippen LogP contribution in [0.5, 0.6) is 0 Å². The van der Waals surface area contributed by atoms with Crippen molar-refractivity contribution in [2.45, 2.75) is 13.8 Å². The van der Waals surface area contributed by atoms with Crippen LogP contribution >= 0.6 is 0 Å². The van der Waals surface area contributed by atoms with Gasteiger partial charge in [0.05, 0.1) is 18.6 Å². The van der Waals surface area contributed by atoms with Crippen molar-refractivity contribution in [2.24, 2.45) is 11.1 Å². The molecule has 6 rings (SSSR count). The molecule has 0 atom stereocenters. The molecule has 5 N–H and O–H groups in total. The van der Waals surface area contributed by atoms with Crippen LogP contribution in [0.25, 0.3) is 22.9 Å². The van der Waals surface area contributed by atoms with Crippen molar-refractivity contribution in [3.05, 3.63) is 70.4 Å². The number of H-pyrrole nitrogens is 1. The lowest BCUT2D eigenvalue weighted by molar-refractivity contribution is -0.176. The van der Waals surface area contributed by atoms with E-state index in [2.05, 4.69) is 47.8 Å². The first-order valence-electron chi connectivity index (χ1n) is 13.7. The Kier molecular flexibility index (Phi) is 6.40. The number of hydrogen-bond acceptors (Lipinski definition) is 6. The van der Waals surface area contributed by atoms with E-state index in [4.69, 9.17) is 16.2 Å². The first-order valence-corrected chi connectivity index (χ1v) is 13.7. The third kappa shape index (κ3) is 4.68. The van der Waals surface area contributed by atoms with Gasteiger partial charge in [0.1, 0.15) is 5.82 Å². The Morgan fingerprint density at radius 2 is 1.64 bits per heavy atom. The molecule has 4 heterocycles. The maximum atomic E-state index is 12.9. The van der Waals surface area contributed by atoms with Crippen molar-refractivity contribution >= 4 is 29.2 Å². The van der Waals surface area contributed by atoms with Crippen LogP contribution in [0.3, 0.4) is 0 Å². The number of likely N-dealkylation sites (N-methyl/N-ethyl adjacent to an activating group) is 1. The van der Waals surface area contributed by atoms with Crippen molar-refractivity contribution in [2.75, 3.05) is 70.2 Å². The molecule has 3 fully saturated rings. The molecule has 0 unspecified atom stereocenters. The Bertz CT molecular complexity index is 1400. The minimum Gasteiger partial charge on any atom is -0.398 e. The number of carbonyl (C=O) groups excluding carboxylic acids is 1. The first-order chi connectivity index (χ1) is 18.7. The predicted octanol–water partition coefficient (Wildman–Crippen LogP) is 3.56. The van der Waals surface area contributed by atoms with E-state index >= 15 is 0 Å². The van der Waals surface area contributed by atoms with E-state index in [1.807, 2.05) is 41.4 Å². The summed E-state index contributed by atoms with van der Waals surface area (Å²) in [7, 11) is 2.17. The summed E-state index contributed by atoms with van der Waals surface area (Å²) in [5.74, 6) is 0.631. The maximum absolute atomic E-state index is 12.9. The van der Waals surface area contributed by atoms with Gasteiger partial charge in [0.15, 0.2) is 0 Å². The number of amides is 1. The lowest BCUT2D eigenvalue weighted by atomic mass is 9.78. The van der Waals surface area contributed by atoms with Crippen LogP contribution in [-0.2, 0) is 4.74 Å². The van der Waals surface area contributed by atoms with Crippen LogP contribution in [-0.4, -0.2) is 80.2 Å². The molecule has 1 spiro atoms. The van der Waals surface area contributed by atoms with Gasteiger partial charge in [-0.25, -0.2) is 0 Å². The second kappa shape index (κ2) is 9.77. The van der Waals surface area contributed by atoms with Gasteiger partial charge in [0.2, 0.25) is 0 Å². The smallest absolute Gasteiger partial charge is 0.253 e. The van der Waals surface area contributed by atoms with E-state index in [1.54, 1.807) is 0 Å². The zero-order valence-corrected chi connectivity index (χ0v) is 23.1. The predicted molar refractivity (Wildman–Crippen MR) is 157 cm³/mol. The number of nitrogens with zero attached hydrogens (tertiary/aromatic N) is 3. The molecule has 3 aromatic rings. The molecule has 8 heteroatoms. The number of anilines is 2. The van der Waals surface area contributed by atoms with Crippen LogP contribution in [0.15, 0.2) is 42.6 Å². The highest BCUT2D eigenvalue weighted by atomic mass is 16.5. The summed E-state index contributed by atoms with van der Waals surface area (Å²) in [6.45, 7) is 11.6. The monoisotopic (exact) mass is 526 g/mol. The number of nitrogens with one attached hydrogen (secondary N) is 1. The Hall–Kier alpha value is -3.75. The second-order valence-corrected chi connectivity index (χ2v) is 11.6. The van der Waals surface area contributed by atoms with E-state index < -0.39 is 0 Å². The van der Waals surface area contributed by atoms with E-state index in [0.717, 1.165) is 74.7 Å². The van der Waals surface area contributed by atoms with Crippen molar-refractivity contribution in [3.63, 3.8) is 0 Å². The number of carbonyl (C=O) groups is 1. The van der Waals surface area contributed by atoms with Gasteiger partial charge < -0.3 is 35.9 Å². The number of aromatic amines is 1.